The van der Waals surface area contributed by atoms with E-state index in [9.17, 15) is 0 Å². The maximum absolute atomic E-state index is 18.1. The minimum Gasteiger partial charge on any atom is -0.309 e. The monoisotopic (exact) mass is 984 g/mol. The summed E-state index contributed by atoms with van der Waals surface area (Å²) in [6, 6.07) is 86.2. The van der Waals surface area contributed by atoms with E-state index < -0.39 is 20.6 Å². The van der Waals surface area contributed by atoms with Crippen LogP contribution in [0.4, 0.5) is 34.1 Å². The van der Waals surface area contributed by atoms with Gasteiger partial charge in [-0.15, -0.1) is 0 Å². The molecule has 0 saturated heterocycles. The van der Waals surface area contributed by atoms with Crippen LogP contribution in [0, 0.1) is 13.8 Å². The molecule has 74 heavy (non-hydrogen) atoms. The van der Waals surface area contributed by atoms with E-state index >= 15 is 4.57 Å². The van der Waals surface area contributed by atoms with Crippen molar-refractivity contribution in [2.45, 2.75) is 19.3 Å². The van der Waals surface area contributed by atoms with Crippen molar-refractivity contribution < 1.29 is 4.57 Å². The van der Waals surface area contributed by atoms with Gasteiger partial charge in [-0.05, 0) is 141 Å². The van der Waals surface area contributed by atoms with Gasteiger partial charge < -0.3 is 14.4 Å². The molecule has 1 unspecified atom stereocenters. The second-order valence-electron chi connectivity index (χ2n) is 19.8. The van der Waals surface area contributed by atoms with Gasteiger partial charge in [-0.25, -0.2) is 0 Å². The minimum atomic E-state index is -3.76. The Morgan fingerprint density at radius 1 is 0.419 bits per heavy atom. The molecule has 2 aromatic heterocycles. The smallest absolute Gasteiger partial charge is 0.179 e. The molecule has 1 atom stereocenters. The first-order valence-corrected chi connectivity index (χ1v) is 29.0. The highest BCUT2D eigenvalue weighted by molar-refractivity contribution is 7.86. The number of pyridine rings is 2. The Labute approximate surface area is 433 Å². The van der Waals surface area contributed by atoms with Crippen molar-refractivity contribution in [1.29, 1.82) is 0 Å². The summed E-state index contributed by atoms with van der Waals surface area (Å²) in [5.74, 6) is 0. The second kappa shape index (κ2) is 17.0. The largest absolute Gasteiger partial charge is 0.309 e. The standard InChI is InChI=1S/C67H49N4OPSi/c1-46-25-29-50(30-26-46)70-59-23-14-24-60-66(59)73(72,62-35-33-55(45-61(62)70)74(52-15-6-3-7-16-52,53-17-8-4-9-18-53)54-19-10-5-11-20-54)63-36-34-58-64(65(63)71(60)51-31-27-47(2)28-32-51)56-21-12-13-22-57(56)67(58,48-37-41-68-42-38-48)49-39-43-69-44-40-49/h3-45H,1-2H3. The molecule has 7 heteroatoms. The van der Waals surface area contributed by atoms with E-state index in [0.29, 0.717) is 0 Å². The highest BCUT2D eigenvalue weighted by Gasteiger charge is 2.54. The fourth-order valence-corrected chi connectivity index (χ4v) is 20.9. The predicted molar refractivity (Wildman–Crippen MR) is 308 cm³/mol. The lowest BCUT2D eigenvalue weighted by Crippen LogP contribution is -2.74. The summed E-state index contributed by atoms with van der Waals surface area (Å²) in [6.45, 7) is 4.27. The molecule has 1 aliphatic carbocycles. The minimum absolute atomic E-state index is 0.732. The first-order chi connectivity index (χ1) is 36.4. The second-order valence-corrected chi connectivity index (χ2v) is 26.2. The molecule has 0 radical (unpaired) electrons. The van der Waals surface area contributed by atoms with E-state index in [0.717, 1.165) is 83.4 Å². The molecule has 4 heterocycles. The summed E-state index contributed by atoms with van der Waals surface area (Å²) in [5.41, 5.74) is 14.0. The van der Waals surface area contributed by atoms with E-state index in [4.69, 9.17) is 0 Å². The molecule has 3 aliphatic rings. The van der Waals surface area contributed by atoms with Gasteiger partial charge >= 0.3 is 0 Å². The molecule has 0 saturated carbocycles. The first-order valence-electron chi connectivity index (χ1n) is 25.3. The van der Waals surface area contributed by atoms with Crippen molar-refractivity contribution in [2.75, 3.05) is 9.80 Å². The van der Waals surface area contributed by atoms with Crippen LogP contribution in [0.2, 0.25) is 0 Å². The van der Waals surface area contributed by atoms with Gasteiger partial charge in [-0.2, -0.15) is 0 Å². The average molecular weight is 985 g/mol. The number of aryl methyl sites for hydroxylation is 2. The Morgan fingerprint density at radius 3 is 1.46 bits per heavy atom. The van der Waals surface area contributed by atoms with Gasteiger partial charge in [0, 0.05) is 52.3 Å². The van der Waals surface area contributed by atoms with E-state index in [1.807, 2.05) is 24.8 Å². The molecule has 0 spiro atoms. The van der Waals surface area contributed by atoms with Crippen molar-refractivity contribution in [3.8, 4) is 11.1 Å². The highest BCUT2D eigenvalue weighted by Crippen LogP contribution is 2.66. The number of hydrogen-bond donors (Lipinski definition) is 0. The maximum Gasteiger partial charge on any atom is 0.179 e. The van der Waals surface area contributed by atoms with Gasteiger partial charge in [0.25, 0.3) is 0 Å². The van der Waals surface area contributed by atoms with Gasteiger partial charge in [0.05, 0.1) is 33.5 Å². The third kappa shape index (κ3) is 6.13. The molecule has 352 valence electrons. The van der Waals surface area contributed by atoms with Crippen LogP contribution >= 0.6 is 7.14 Å². The molecular weight excluding hydrogens is 936 g/mol. The van der Waals surface area contributed by atoms with Crippen LogP contribution in [0.3, 0.4) is 0 Å². The number of anilines is 6. The number of aromatic nitrogens is 2. The molecule has 14 rings (SSSR count). The van der Waals surface area contributed by atoms with Crippen molar-refractivity contribution in [1.82, 2.24) is 9.97 Å². The van der Waals surface area contributed by atoms with Gasteiger partial charge in [0.1, 0.15) is 0 Å². The van der Waals surface area contributed by atoms with E-state index in [2.05, 4.69) is 270 Å². The third-order valence-corrected chi connectivity index (χ3v) is 23.9. The Balaban J connectivity index is 1.13. The lowest BCUT2D eigenvalue weighted by Gasteiger charge is -2.46. The van der Waals surface area contributed by atoms with E-state index in [-0.39, 0.29) is 0 Å². The third-order valence-electron chi connectivity index (χ3n) is 15.9. The van der Waals surface area contributed by atoms with Gasteiger partial charge in [0.2, 0.25) is 0 Å². The zero-order valence-corrected chi connectivity index (χ0v) is 42.9. The van der Waals surface area contributed by atoms with E-state index in [1.165, 1.54) is 31.9 Å². The Hall–Kier alpha value is -8.67. The van der Waals surface area contributed by atoms with Crippen LogP contribution in [0.1, 0.15) is 33.4 Å². The first kappa shape index (κ1) is 44.1. The fourth-order valence-electron chi connectivity index (χ4n) is 12.8. The zero-order chi connectivity index (χ0) is 49.6. The topological polar surface area (TPSA) is 49.3 Å². The average Bonchev–Trinajstić information content (AvgIpc) is 3.79. The highest BCUT2D eigenvalue weighted by atomic mass is 31.2. The summed E-state index contributed by atoms with van der Waals surface area (Å²) < 4.78 is 18.1. The number of rotatable bonds is 8. The van der Waals surface area contributed by atoms with Crippen LogP contribution < -0.4 is 46.5 Å². The normalized spacial score (nSPS) is 15.6. The molecule has 9 aromatic carbocycles. The summed E-state index contributed by atoms with van der Waals surface area (Å²) in [7, 11) is -6.80. The molecule has 5 nitrogen and oxygen atoms in total. The lowest BCUT2D eigenvalue weighted by molar-refractivity contribution is 0.592. The number of nitrogens with zero attached hydrogens (tertiary/aromatic N) is 4. The number of benzene rings is 9. The van der Waals surface area contributed by atoms with Crippen LogP contribution in [0.15, 0.2) is 261 Å². The molecule has 0 N–H and O–H groups in total. The molecule has 2 aliphatic heterocycles. The molecule has 0 amide bonds. The molecule has 11 aromatic rings. The summed E-state index contributed by atoms with van der Waals surface area (Å²) in [6.07, 6.45) is 7.57. The number of hydrogen-bond acceptors (Lipinski definition) is 5. The quantitative estimate of drug-likeness (QED) is 0.0863. The SMILES string of the molecule is Cc1ccc(N2c3cc([Si](c4ccccc4)(c4ccccc4)c4ccccc4)ccc3P3(=O)c4ccc5c(c4N(c4ccc(C)cc4)c4cccc2c43)-c2ccccc2C5(c2ccncc2)c2ccncc2)cc1. The fraction of sp³-hybridized carbons (Fsp3) is 0.0448. The van der Waals surface area contributed by atoms with Crippen molar-refractivity contribution in [3.63, 3.8) is 0 Å². The van der Waals surface area contributed by atoms with Gasteiger partial charge in [-0.1, -0.05) is 169 Å². The Kier molecular flexibility index (Phi) is 10.1. The predicted octanol–water partition coefficient (Wildman–Crippen LogP) is 12.0. The van der Waals surface area contributed by atoms with Crippen LogP contribution in [0.25, 0.3) is 11.1 Å². The van der Waals surface area contributed by atoms with Crippen molar-refractivity contribution in [3.05, 3.63) is 295 Å². The van der Waals surface area contributed by atoms with Gasteiger partial charge in [-0.3, -0.25) is 9.97 Å². The van der Waals surface area contributed by atoms with Crippen molar-refractivity contribution in [2.24, 2.45) is 0 Å². The van der Waals surface area contributed by atoms with Crippen LogP contribution in [-0.2, 0) is 9.98 Å². The lowest BCUT2D eigenvalue weighted by atomic mass is 9.68. The van der Waals surface area contributed by atoms with Crippen LogP contribution in [0.5, 0.6) is 0 Å². The molecular formula is C67H49N4OPSi. The number of fused-ring (bicyclic) bond motifs is 8. The zero-order valence-electron chi connectivity index (χ0n) is 41.0. The molecule has 0 fully saturated rings. The van der Waals surface area contributed by atoms with Gasteiger partial charge in [0.15, 0.2) is 15.2 Å². The Bertz CT molecular complexity index is 3870. The maximum atomic E-state index is 18.1. The summed E-state index contributed by atoms with van der Waals surface area (Å²) in [4.78, 5) is 13.9. The summed E-state index contributed by atoms with van der Waals surface area (Å²) >= 11 is 0. The van der Waals surface area contributed by atoms with E-state index in [1.54, 1.807) is 0 Å². The molecule has 0 bridgehead atoms. The summed E-state index contributed by atoms with van der Waals surface area (Å²) in [5, 5.41) is 7.54. The Morgan fingerprint density at radius 2 is 0.905 bits per heavy atom. The van der Waals surface area contributed by atoms with Crippen LogP contribution in [-0.4, -0.2) is 18.0 Å². The van der Waals surface area contributed by atoms with Crippen molar-refractivity contribution >= 4 is 86.0 Å².